The summed E-state index contributed by atoms with van der Waals surface area (Å²) in [6.07, 6.45) is 7.37. The summed E-state index contributed by atoms with van der Waals surface area (Å²) >= 11 is 0. The average molecular weight is 450 g/mol. The van der Waals surface area contributed by atoms with Gasteiger partial charge in [0, 0.05) is 60.8 Å². The molecule has 4 heterocycles. The van der Waals surface area contributed by atoms with Crippen LogP contribution in [0, 0.1) is 6.92 Å². The summed E-state index contributed by atoms with van der Waals surface area (Å²) in [6.45, 7) is 6.45. The molecule has 34 heavy (non-hydrogen) atoms. The van der Waals surface area contributed by atoms with Crippen LogP contribution in [0.4, 0.5) is 5.69 Å². The number of pyridine rings is 1. The Balaban J connectivity index is 1.31. The molecule has 0 spiro atoms. The molecule has 0 saturated carbocycles. The molecule has 0 atom stereocenters. The zero-order chi connectivity index (χ0) is 23.1. The first-order valence-corrected chi connectivity index (χ1v) is 11.6. The quantitative estimate of drug-likeness (QED) is 0.436. The van der Waals surface area contributed by atoms with Crippen molar-refractivity contribution < 1.29 is 0 Å². The number of aromatic amines is 1. The summed E-state index contributed by atoms with van der Waals surface area (Å²) < 4.78 is 0. The maximum Gasteiger partial charge on any atom is 0.137 e. The molecular formula is C27H27N7. The van der Waals surface area contributed by atoms with E-state index < -0.39 is 0 Å². The third kappa shape index (κ3) is 3.74. The Morgan fingerprint density at radius 3 is 2.29 bits per heavy atom. The number of likely N-dealkylation sites (N-methyl/N-ethyl adjacent to an activating group) is 1. The molecule has 0 radical (unpaired) electrons. The summed E-state index contributed by atoms with van der Waals surface area (Å²) in [5.74, 6) is 0. The Morgan fingerprint density at radius 1 is 0.824 bits per heavy atom. The summed E-state index contributed by atoms with van der Waals surface area (Å²) in [5, 5.41) is 9.63. The van der Waals surface area contributed by atoms with Crippen molar-refractivity contribution in [1.82, 2.24) is 29.9 Å². The molecule has 1 aliphatic heterocycles. The van der Waals surface area contributed by atoms with Gasteiger partial charge in [-0.3, -0.25) is 0 Å². The van der Waals surface area contributed by atoms with E-state index in [-0.39, 0.29) is 0 Å². The maximum absolute atomic E-state index is 4.71. The van der Waals surface area contributed by atoms with E-state index in [0.29, 0.717) is 0 Å². The largest absolute Gasteiger partial charge is 0.369 e. The highest BCUT2D eigenvalue weighted by Gasteiger charge is 2.15. The van der Waals surface area contributed by atoms with Crippen LogP contribution < -0.4 is 4.90 Å². The molecule has 3 aromatic heterocycles. The van der Waals surface area contributed by atoms with Crippen molar-refractivity contribution in [3.8, 4) is 27.9 Å². The van der Waals surface area contributed by atoms with Gasteiger partial charge in [0.05, 0.1) is 18.1 Å². The second-order valence-corrected chi connectivity index (χ2v) is 8.98. The van der Waals surface area contributed by atoms with Crippen LogP contribution in [-0.4, -0.2) is 63.1 Å². The molecule has 6 rings (SSSR count). The molecule has 0 bridgehead atoms. The van der Waals surface area contributed by atoms with Gasteiger partial charge in [0.2, 0.25) is 0 Å². The maximum atomic E-state index is 4.71. The van der Waals surface area contributed by atoms with Gasteiger partial charge in [-0.05, 0) is 61.0 Å². The van der Waals surface area contributed by atoms with Gasteiger partial charge in [0.1, 0.15) is 5.65 Å². The standard InChI is InChI=1S/C27H27N7/c1-19-15-21(5-8-26(19)34-30-9-10-31-34)25-18-29-27-24(25)16-22(17-28-27)20-3-6-23(7-4-20)33-13-11-32(2)12-14-33/h3-10,15-18H,11-14H2,1-2H3,(H,28,29). The predicted octanol–water partition coefficient (Wildman–Crippen LogP) is 4.54. The molecule has 1 aliphatic rings. The summed E-state index contributed by atoms with van der Waals surface area (Å²) in [5.41, 5.74) is 8.85. The molecule has 7 nitrogen and oxygen atoms in total. The molecule has 5 aromatic rings. The van der Waals surface area contributed by atoms with Crippen LogP contribution in [0.3, 0.4) is 0 Å². The lowest BCUT2D eigenvalue weighted by molar-refractivity contribution is 0.313. The topological polar surface area (TPSA) is 65.9 Å². The molecule has 2 aromatic carbocycles. The van der Waals surface area contributed by atoms with Crippen LogP contribution in [-0.2, 0) is 0 Å². The van der Waals surface area contributed by atoms with E-state index in [4.69, 9.17) is 4.98 Å². The van der Waals surface area contributed by atoms with E-state index in [1.807, 2.05) is 12.4 Å². The van der Waals surface area contributed by atoms with Crippen LogP contribution in [0.5, 0.6) is 0 Å². The number of hydrogen-bond acceptors (Lipinski definition) is 5. The zero-order valence-electron chi connectivity index (χ0n) is 19.4. The van der Waals surface area contributed by atoms with Crippen LogP contribution >= 0.6 is 0 Å². The molecule has 7 heteroatoms. The molecule has 1 N–H and O–H groups in total. The van der Waals surface area contributed by atoms with Crippen molar-refractivity contribution in [1.29, 1.82) is 0 Å². The Hall–Kier alpha value is -3.97. The minimum absolute atomic E-state index is 0.892. The molecule has 170 valence electrons. The summed E-state index contributed by atoms with van der Waals surface area (Å²) in [4.78, 5) is 14.5. The zero-order valence-corrected chi connectivity index (χ0v) is 19.4. The normalized spacial score (nSPS) is 14.7. The number of aryl methyl sites for hydroxylation is 1. The van der Waals surface area contributed by atoms with E-state index in [0.717, 1.165) is 65.2 Å². The number of anilines is 1. The van der Waals surface area contributed by atoms with E-state index in [1.165, 1.54) is 11.3 Å². The highest BCUT2D eigenvalue weighted by molar-refractivity contribution is 5.96. The smallest absolute Gasteiger partial charge is 0.137 e. The first kappa shape index (κ1) is 20.6. The number of benzene rings is 2. The number of rotatable bonds is 4. The predicted molar refractivity (Wildman–Crippen MR) is 136 cm³/mol. The van der Waals surface area contributed by atoms with Gasteiger partial charge < -0.3 is 14.8 Å². The fourth-order valence-corrected chi connectivity index (χ4v) is 4.72. The number of hydrogen-bond donors (Lipinski definition) is 1. The second kappa shape index (κ2) is 8.43. The van der Waals surface area contributed by atoms with E-state index in [2.05, 4.69) is 87.5 Å². The van der Waals surface area contributed by atoms with Gasteiger partial charge in [0.15, 0.2) is 0 Å². The lowest BCUT2D eigenvalue weighted by Crippen LogP contribution is -2.44. The first-order chi connectivity index (χ1) is 16.7. The van der Waals surface area contributed by atoms with Gasteiger partial charge in [-0.1, -0.05) is 18.2 Å². The molecule has 0 aliphatic carbocycles. The van der Waals surface area contributed by atoms with Crippen molar-refractivity contribution >= 4 is 16.7 Å². The Bertz CT molecular complexity index is 1430. The van der Waals surface area contributed by atoms with Crippen LogP contribution in [0.25, 0.3) is 39.0 Å². The van der Waals surface area contributed by atoms with Gasteiger partial charge in [-0.2, -0.15) is 15.0 Å². The first-order valence-electron chi connectivity index (χ1n) is 11.6. The third-order valence-corrected chi connectivity index (χ3v) is 6.74. The SMILES string of the molecule is Cc1cc(-c2c[nH]c3ncc(-c4ccc(N5CCN(C)CC5)cc4)cc23)ccc1-n1nccn1. The van der Waals surface area contributed by atoms with Crippen molar-refractivity contribution in [3.05, 3.63) is 78.9 Å². The Labute approximate surface area is 198 Å². The number of nitrogens with zero attached hydrogens (tertiary/aromatic N) is 6. The molecule has 1 saturated heterocycles. The number of H-pyrrole nitrogens is 1. The highest BCUT2D eigenvalue weighted by atomic mass is 15.5. The van der Waals surface area contributed by atoms with Gasteiger partial charge in [0.25, 0.3) is 0 Å². The van der Waals surface area contributed by atoms with Crippen molar-refractivity contribution in [2.45, 2.75) is 6.92 Å². The van der Waals surface area contributed by atoms with Crippen molar-refractivity contribution in [2.24, 2.45) is 0 Å². The van der Waals surface area contributed by atoms with Gasteiger partial charge >= 0.3 is 0 Å². The number of piperazine rings is 1. The lowest BCUT2D eigenvalue weighted by Gasteiger charge is -2.34. The summed E-state index contributed by atoms with van der Waals surface area (Å²) in [7, 11) is 2.19. The fraction of sp³-hybridized carbons (Fsp3) is 0.222. The molecule has 0 unspecified atom stereocenters. The second-order valence-electron chi connectivity index (χ2n) is 8.98. The average Bonchev–Trinajstić information content (AvgIpc) is 3.55. The minimum Gasteiger partial charge on any atom is -0.369 e. The lowest BCUT2D eigenvalue weighted by atomic mass is 10.0. The van der Waals surface area contributed by atoms with Crippen molar-refractivity contribution in [3.63, 3.8) is 0 Å². The number of aromatic nitrogens is 5. The van der Waals surface area contributed by atoms with E-state index in [9.17, 15) is 0 Å². The molecular weight excluding hydrogens is 422 g/mol. The molecule has 1 fully saturated rings. The van der Waals surface area contributed by atoms with Crippen LogP contribution in [0.2, 0.25) is 0 Å². The van der Waals surface area contributed by atoms with Gasteiger partial charge in [-0.25, -0.2) is 4.98 Å². The summed E-state index contributed by atoms with van der Waals surface area (Å²) in [6, 6.07) is 17.5. The van der Waals surface area contributed by atoms with Crippen LogP contribution in [0.15, 0.2) is 73.3 Å². The van der Waals surface area contributed by atoms with Gasteiger partial charge in [-0.15, -0.1) is 0 Å². The number of nitrogens with one attached hydrogen (secondary N) is 1. The Kier molecular flexibility index (Phi) is 5.11. The van der Waals surface area contributed by atoms with E-state index >= 15 is 0 Å². The number of fused-ring (bicyclic) bond motifs is 1. The minimum atomic E-state index is 0.892. The Morgan fingerprint density at radius 2 is 1.56 bits per heavy atom. The fourth-order valence-electron chi connectivity index (χ4n) is 4.72. The third-order valence-electron chi connectivity index (χ3n) is 6.74. The highest BCUT2D eigenvalue weighted by Crippen LogP contribution is 2.33. The monoisotopic (exact) mass is 449 g/mol. The van der Waals surface area contributed by atoms with Crippen LogP contribution in [0.1, 0.15) is 5.56 Å². The van der Waals surface area contributed by atoms with E-state index in [1.54, 1.807) is 17.2 Å². The molecule has 0 amide bonds. The van der Waals surface area contributed by atoms with Crippen molar-refractivity contribution in [2.75, 3.05) is 38.1 Å².